The molecule has 3 atom stereocenters. The average molecular weight is 800 g/mol. The minimum absolute atomic E-state index is 0.198. The summed E-state index contributed by atoms with van der Waals surface area (Å²) in [4.78, 5) is 59.8. The molecule has 1 aliphatic carbocycles. The number of amides is 3. The lowest BCUT2D eigenvalue weighted by Crippen LogP contribution is -2.55. The number of nitrogens with one attached hydrogen (secondary N) is 2. The minimum atomic E-state index is -4.67. The number of fused-ring (bicyclic) bond motifs is 4. The summed E-state index contributed by atoms with van der Waals surface area (Å²) in [6.45, 7) is 2.89. The number of para-hydroxylation sites is 1. The SMILES string of the molecule is COc1cc2nn([C@H]3CC[C@H](CN4C[C@H]5CC[C@@H](C4)N5c4cccc5c4n(C)c(=O)n5C4CCC(=O)NC4=O)CC3)cc2cc1NC(=O)c1cccc(C(F)(F)F)n1. The van der Waals surface area contributed by atoms with Crippen molar-refractivity contribution in [2.24, 2.45) is 13.0 Å². The molecular weight excluding hydrogens is 756 g/mol. The maximum absolute atomic E-state index is 13.6. The zero-order chi connectivity index (χ0) is 40.5. The smallest absolute Gasteiger partial charge is 0.433 e. The molecule has 1 saturated carbocycles. The third-order valence-corrected chi connectivity index (χ3v) is 12.5. The fourth-order valence-corrected chi connectivity index (χ4v) is 9.78. The van der Waals surface area contributed by atoms with E-state index >= 15 is 0 Å². The first-order valence-electron chi connectivity index (χ1n) is 19.8. The maximum Gasteiger partial charge on any atom is 0.433 e. The second kappa shape index (κ2) is 14.6. The number of ether oxygens (including phenoxy) is 1. The van der Waals surface area contributed by atoms with Gasteiger partial charge in [-0.1, -0.05) is 12.1 Å². The van der Waals surface area contributed by atoms with Crippen LogP contribution in [0.25, 0.3) is 21.9 Å². The topological polar surface area (TPSA) is 149 Å². The lowest BCUT2D eigenvalue weighted by atomic mass is 9.85. The molecule has 3 saturated heterocycles. The van der Waals surface area contributed by atoms with E-state index in [1.54, 1.807) is 28.3 Å². The van der Waals surface area contributed by atoms with Gasteiger partial charge in [-0.15, -0.1) is 0 Å². The van der Waals surface area contributed by atoms with Gasteiger partial charge in [0.1, 0.15) is 23.2 Å². The van der Waals surface area contributed by atoms with Crippen LogP contribution in [-0.2, 0) is 22.8 Å². The van der Waals surface area contributed by atoms with Gasteiger partial charge in [0, 0.05) is 62.8 Å². The molecule has 17 heteroatoms. The number of piperidine rings is 1. The Hall–Kier alpha value is -5.71. The number of nitrogens with zero attached hydrogens (tertiary/aromatic N) is 7. The number of hydrogen-bond donors (Lipinski definition) is 2. The molecule has 9 rings (SSSR count). The maximum atomic E-state index is 13.6. The van der Waals surface area contributed by atoms with Crippen LogP contribution >= 0.6 is 0 Å². The van der Waals surface area contributed by atoms with Crippen molar-refractivity contribution < 1.29 is 32.3 Å². The quantitative estimate of drug-likeness (QED) is 0.196. The summed E-state index contributed by atoms with van der Waals surface area (Å²) >= 11 is 0. The van der Waals surface area contributed by atoms with Gasteiger partial charge in [-0.3, -0.25) is 38.4 Å². The van der Waals surface area contributed by atoms with Crippen molar-refractivity contribution in [3.05, 3.63) is 76.6 Å². The summed E-state index contributed by atoms with van der Waals surface area (Å²) in [6, 6.07) is 12.7. The van der Waals surface area contributed by atoms with Gasteiger partial charge < -0.3 is 15.0 Å². The highest BCUT2D eigenvalue weighted by Crippen LogP contribution is 2.41. The van der Waals surface area contributed by atoms with E-state index in [-0.39, 0.29) is 29.8 Å². The molecule has 4 aliphatic rings. The number of piperazine rings is 1. The Morgan fingerprint density at radius 1 is 0.948 bits per heavy atom. The fourth-order valence-electron chi connectivity index (χ4n) is 9.78. The van der Waals surface area contributed by atoms with Gasteiger partial charge >= 0.3 is 11.9 Å². The third-order valence-electron chi connectivity index (χ3n) is 12.5. The first-order valence-corrected chi connectivity index (χ1v) is 19.8. The number of imide groups is 1. The Bertz CT molecular complexity index is 2490. The highest BCUT2D eigenvalue weighted by Gasteiger charge is 2.42. The third kappa shape index (κ3) is 6.78. The van der Waals surface area contributed by atoms with Crippen LogP contribution in [0.4, 0.5) is 24.5 Å². The molecule has 4 fully saturated rings. The Morgan fingerprint density at radius 2 is 1.67 bits per heavy atom. The molecule has 3 amide bonds. The van der Waals surface area contributed by atoms with Crippen molar-refractivity contribution in [2.45, 2.75) is 81.7 Å². The molecular formula is C41H44F3N9O5. The molecule has 58 heavy (non-hydrogen) atoms. The molecule has 0 spiro atoms. The van der Waals surface area contributed by atoms with E-state index in [0.717, 1.165) is 86.9 Å². The van der Waals surface area contributed by atoms with Crippen molar-refractivity contribution in [1.82, 2.24) is 34.1 Å². The van der Waals surface area contributed by atoms with Gasteiger partial charge in [-0.25, -0.2) is 9.78 Å². The zero-order valence-electron chi connectivity index (χ0n) is 32.2. The first kappa shape index (κ1) is 37.8. The van der Waals surface area contributed by atoms with Crippen molar-refractivity contribution in [3.8, 4) is 5.75 Å². The van der Waals surface area contributed by atoms with Gasteiger partial charge in [0.25, 0.3) is 5.91 Å². The highest BCUT2D eigenvalue weighted by atomic mass is 19.4. The predicted octanol–water partition coefficient (Wildman–Crippen LogP) is 5.43. The number of halogens is 3. The number of carbonyl (C=O) groups excluding carboxylic acids is 3. The number of hydrogen-bond acceptors (Lipinski definition) is 9. The number of likely N-dealkylation sites (tertiary alicyclic amines) is 1. The number of carbonyl (C=O) groups is 3. The standard InChI is InChI=1S/C41H44F3N9O5/c1-49-37-31(6-4-7-32(37)53(40(49)57)33-15-16-36(54)47-39(33)56)52-26-13-14-27(52)22-50(21-26)19-23-9-11-25(12-10-23)51-20-24-17-30(34(58-2)18-29(24)48-51)46-38(55)28-5-3-8-35(45-28)41(42,43)44/h3-8,17-18,20,23,25-27,33H,9-16,19,21-22H2,1-2H3,(H,46,55)(H,47,54,56)/t23-,25-,26-,27+,33?. The van der Waals surface area contributed by atoms with Crippen LogP contribution in [0, 0.1) is 5.92 Å². The fraction of sp³-hybridized carbons (Fsp3) is 0.463. The second-order valence-electron chi connectivity index (χ2n) is 16.1. The molecule has 3 aromatic heterocycles. The molecule has 304 valence electrons. The van der Waals surface area contributed by atoms with Crippen molar-refractivity contribution >= 4 is 51.0 Å². The summed E-state index contributed by atoms with van der Waals surface area (Å²) in [5.74, 6) is -0.649. The Morgan fingerprint density at radius 3 is 2.38 bits per heavy atom. The summed E-state index contributed by atoms with van der Waals surface area (Å²) in [5, 5.41) is 10.7. The van der Waals surface area contributed by atoms with Crippen molar-refractivity contribution in [3.63, 3.8) is 0 Å². The number of alkyl halides is 3. The molecule has 2 N–H and O–H groups in total. The van der Waals surface area contributed by atoms with Crippen LogP contribution < -0.4 is 26.0 Å². The average Bonchev–Trinajstić information content (AvgIpc) is 3.82. The van der Waals surface area contributed by atoms with Crippen LogP contribution in [0.2, 0.25) is 0 Å². The largest absolute Gasteiger partial charge is 0.494 e. The Labute approximate surface area is 330 Å². The van der Waals surface area contributed by atoms with Crippen molar-refractivity contribution in [1.29, 1.82) is 0 Å². The minimum Gasteiger partial charge on any atom is -0.494 e. The molecule has 2 aromatic carbocycles. The predicted molar refractivity (Wildman–Crippen MR) is 209 cm³/mol. The Balaban J connectivity index is 0.843. The highest BCUT2D eigenvalue weighted by molar-refractivity contribution is 6.05. The molecule has 1 unspecified atom stereocenters. The summed E-state index contributed by atoms with van der Waals surface area (Å²) in [5.41, 5.74) is 1.78. The molecule has 5 aromatic rings. The van der Waals surface area contributed by atoms with Gasteiger partial charge in [-0.05, 0) is 81.2 Å². The molecule has 2 bridgehead atoms. The Kier molecular flexibility index (Phi) is 9.52. The normalized spacial score (nSPS) is 24.1. The number of rotatable bonds is 8. The lowest BCUT2D eigenvalue weighted by Gasteiger charge is -2.44. The van der Waals surface area contributed by atoms with E-state index in [2.05, 4.69) is 31.5 Å². The summed E-state index contributed by atoms with van der Waals surface area (Å²) in [6.07, 6.45) is 3.95. The summed E-state index contributed by atoms with van der Waals surface area (Å²) < 4.78 is 50.3. The molecule has 0 radical (unpaired) electrons. The number of aryl methyl sites for hydroxylation is 1. The van der Waals surface area contributed by atoms with E-state index < -0.39 is 29.7 Å². The molecule has 3 aliphatic heterocycles. The number of benzene rings is 2. The van der Waals surface area contributed by atoms with Crippen LogP contribution in [0.3, 0.4) is 0 Å². The number of aromatic nitrogens is 5. The monoisotopic (exact) mass is 799 g/mol. The second-order valence-corrected chi connectivity index (χ2v) is 16.1. The van der Waals surface area contributed by atoms with Gasteiger partial charge in [0.2, 0.25) is 11.8 Å². The number of anilines is 2. The van der Waals surface area contributed by atoms with Crippen LogP contribution in [-0.4, -0.2) is 85.3 Å². The lowest BCUT2D eigenvalue weighted by molar-refractivity contribution is -0.141. The van der Waals surface area contributed by atoms with Crippen LogP contribution in [0.5, 0.6) is 5.75 Å². The number of methoxy groups -OCH3 is 1. The van der Waals surface area contributed by atoms with Crippen LogP contribution in [0.1, 0.15) is 79.6 Å². The molecule has 14 nitrogen and oxygen atoms in total. The van der Waals surface area contributed by atoms with E-state index in [4.69, 9.17) is 9.84 Å². The van der Waals surface area contributed by atoms with E-state index in [1.807, 2.05) is 23.0 Å². The van der Waals surface area contributed by atoms with E-state index in [9.17, 15) is 32.3 Å². The van der Waals surface area contributed by atoms with E-state index in [1.165, 1.54) is 13.2 Å². The van der Waals surface area contributed by atoms with Gasteiger partial charge in [0.05, 0.1) is 41.1 Å². The summed E-state index contributed by atoms with van der Waals surface area (Å²) in [7, 11) is 3.21. The first-order chi connectivity index (χ1) is 27.9. The van der Waals surface area contributed by atoms with Crippen LogP contribution in [0.15, 0.2) is 59.5 Å². The number of imidazole rings is 1. The van der Waals surface area contributed by atoms with Gasteiger partial charge in [0.15, 0.2) is 0 Å². The number of pyridine rings is 1. The zero-order valence-corrected chi connectivity index (χ0v) is 32.2. The van der Waals surface area contributed by atoms with Crippen molar-refractivity contribution in [2.75, 3.05) is 37.0 Å². The van der Waals surface area contributed by atoms with Gasteiger partial charge in [-0.2, -0.15) is 18.3 Å². The van der Waals surface area contributed by atoms with E-state index in [0.29, 0.717) is 46.9 Å². The molecule has 6 heterocycles.